The predicted molar refractivity (Wildman–Crippen MR) is 74.7 cm³/mol. The Kier molecular flexibility index (Phi) is 7.32. The van der Waals surface area contributed by atoms with Gasteiger partial charge in [-0.15, -0.1) is 0 Å². The van der Waals surface area contributed by atoms with E-state index in [9.17, 15) is 9.59 Å². The minimum absolute atomic E-state index is 0.262. The fourth-order valence-corrected chi connectivity index (χ4v) is 2.23. The molecular formula is C13H25N3O4. The Bertz CT molecular complexity index is 323. The van der Waals surface area contributed by atoms with E-state index in [1.54, 1.807) is 0 Å². The summed E-state index contributed by atoms with van der Waals surface area (Å²) in [4.78, 5) is 24.6. The highest BCUT2D eigenvalue weighted by molar-refractivity contribution is 5.76. The molecule has 1 aliphatic carbocycles. The first-order chi connectivity index (χ1) is 9.50. The van der Waals surface area contributed by atoms with Crippen LogP contribution in [-0.2, 0) is 9.53 Å². The number of carbonyl (C=O) groups excluding carboxylic acids is 1. The van der Waals surface area contributed by atoms with E-state index >= 15 is 0 Å². The molecule has 0 saturated heterocycles. The van der Waals surface area contributed by atoms with Crippen LogP contribution in [0.3, 0.4) is 0 Å². The van der Waals surface area contributed by atoms with Crippen LogP contribution in [0.25, 0.3) is 0 Å². The van der Waals surface area contributed by atoms with Gasteiger partial charge in [0.05, 0.1) is 19.1 Å². The van der Waals surface area contributed by atoms with Gasteiger partial charge >= 0.3 is 12.0 Å². The van der Waals surface area contributed by atoms with Gasteiger partial charge in [-0.3, -0.25) is 4.79 Å². The molecule has 1 aliphatic rings. The minimum atomic E-state index is -0.834. The molecule has 0 aromatic carbocycles. The highest BCUT2D eigenvalue weighted by atomic mass is 16.5. The van der Waals surface area contributed by atoms with Crippen molar-refractivity contribution in [2.24, 2.45) is 5.92 Å². The Morgan fingerprint density at radius 1 is 1.30 bits per heavy atom. The predicted octanol–water partition coefficient (Wildman–Crippen LogP) is 0.117. The van der Waals surface area contributed by atoms with Gasteiger partial charge in [-0.05, 0) is 26.9 Å². The van der Waals surface area contributed by atoms with Crippen LogP contribution >= 0.6 is 0 Å². The maximum Gasteiger partial charge on any atom is 0.315 e. The summed E-state index contributed by atoms with van der Waals surface area (Å²) in [5.41, 5.74) is 0. The Balaban J connectivity index is 2.10. The van der Waals surface area contributed by atoms with Crippen LogP contribution in [0.1, 0.15) is 19.3 Å². The van der Waals surface area contributed by atoms with Gasteiger partial charge in [0.25, 0.3) is 0 Å². The zero-order valence-electron chi connectivity index (χ0n) is 12.2. The summed E-state index contributed by atoms with van der Waals surface area (Å²) in [5.74, 6) is -1.29. The highest BCUT2D eigenvalue weighted by Gasteiger charge is 2.33. The molecule has 0 aromatic rings. The van der Waals surface area contributed by atoms with Crippen LogP contribution in [0.4, 0.5) is 4.79 Å². The quantitative estimate of drug-likeness (QED) is 0.552. The maximum atomic E-state index is 11.6. The molecule has 1 saturated carbocycles. The molecular weight excluding hydrogens is 262 g/mol. The molecule has 2 unspecified atom stereocenters. The van der Waals surface area contributed by atoms with Gasteiger partial charge in [0, 0.05) is 19.1 Å². The molecule has 0 aromatic heterocycles. The normalized spacial score (nSPS) is 21.9. The highest BCUT2D eigenvalue weighted by Crippen LogP contribution is 2.25. The zero-order valence-corrected chi connectivity index (χ0v) is 12.2. The number of carbonyl (C=O) groups is 2. The van der Waals surface area contributed by atoms with E-state index in [0.29, 0.717) is 26.2 Å². The summed E-state index contributed by atoms with van der Waals surface area (Å²) < 4.78 is 5.35. The van der Waals surface area contributed by atoms with E-state index in [4.69, 9.17) is 9.84 Å². The van der Waals surface area contributed by atoms with Crippen LogP contribution in [-0.4, -0.2) is 68.4 Å². The third-order valence-electron chi connectivity index (χ3n) is 3.36. The van der Waals surface area contributed by atoms with Gasteiger partial charge in [-0.1, -0.05) is 6.42 Å². The summed E-state index contributed by atoms with van der Waals surface area (Å²) in [7, 11) is 3.94. The molecule has 0 aliphatic heterocycles. The van der Waals surface area contributed by atoms with E-state index in [1.807, 2.05) is 19.0 Å². The van der Waals surface area contributed by atoms with Crippen LogP contribution < -0.4 is 10.6 Å². The van der Waals surface area contributed by atoms with E-state index in [1.165, 1.54) is 0 Å². The minimum Gasteiger partial charge on any atom is -0.481 e. The average molecular weight is 287 g/mol. The second kappa shape index (κ2) is 8.76. The first-order valence-electron chi connectivity index (χ1n) is 7.00. The summed E-state index contributed by atoms with van der Waals surface area (Å²) in [6, 6.07) is -0.582. The first-order valence-corrected chi connectivity index (χ1v) is 7.00. The van der Waals surface area contributed by atoms with Gasteiger partial charge in [0.15, 0.2) is 0 Å². The maximum absolute atomic E-state index is 11.6. The standard InChI is InChI=1S/C13H25N3O4/c1-16(2)7-9-20-8-6-14-13(19)15-11-5-3-4-10(11)12(17)18/h10-11H,3-9H2,1-2H3,(H,17,18)(H2,14,15,19). The number of ether oxygens (including phenoxy) is 1. The third-order valence-corrected chi connectivity index (χ3v) is 3.36. The third kappa shape index (κ3) is 6.21. The van der Waals surface area contributed by atoms with Gasteiger partial charge in [0.1, 0.15) is 0 Å². The van der Waals surface area contributed by atoms with Gasteiger partial charge < -0.3 is 25.4 Å². The average Bonchev–Trinajstić information content (AvgIpc) is 2.81. The van der Waals surface area contributed by atoms with E-state index in [2.05, 4.69) is 10.6 Å². The lowest BCUT2D eigenvalue weighted by Crippen LogP contribution is -2.46. The number of carboxylic acid groups (broad SMARTS) is 1. The Labute approximate surface area is 119 Å². The molecule has 3 N–H and O–H groups in total. The molecule has 1 fully saturated rings. The molecule has 0 bridgehead atoms. The lowest BCUT2D eigenvalue weighted by Gasteiger charge is -2.18. The molecule has 1 rings (SSSR count). The lowest BCUT2D eigenvalue weighted by atomic mass is 10.0. The van der Waals surface area contributed by atoms with Crippen molar-refractivity contribution in [1.82, 2.24) is 15.5 Å². The van der Waals surface area contributed by atoms with Crippen molar-refractivity contribution < 1.29 is 19.4 Å². The van der Waals surface area contributed by atoms with Crippen molar-refractivity contribution in [2.45, 2.75) is 25.3 Å². The Morgan fingerprint density at radius 2 is 2.05 bits per heavy atom. The number of nitrogens with one attached hydrogen (secondary N) is 2. The van der Waals surface area contributed by atoms with Gasteiger partial charge in [-0.25, -0.2) is 4.79 Å². The van der Waals surface area contributed by atoms with Crippen molar-refractivity contribution in [2.75, 3.05) is 40.4 Å². The number of likely N-dealkylation sites (N-methyl/N-ethyl adjacent to an activating group) is 1. The smallest absolute Gasteiger partial charge is 0.315 e. The van der Waals surface area contributed by atoms with Crippen molar-refractivity contribution in [3.63, 3.8) is 0 Å². The molecule has 20 heavy (non-hydrogen) atoms. The van der Waals surface area contributed by atoms with Crippen LogP contribution in [0.5, 0.6) is 0 Å². The van der Waals surface area contributed by atoms with Crippen LogP contribution in [0.2, 0.25) is 0 Å². The fourth-order valence-electron chi connectivity index (χ4n) is 2.23. The van der Waals surface area contributed by atoms with Crippen molar-refractivity contribution >= 4 is 12.0 Å². The first kappa shape index (κ1) is 16.7. The van der Waals surface area contributed by atoms with E-state index in [-0.39, 0.29) is 12.1 Å². The summed E-state index contributed by atoms with van der Waals surface area (Å²) in [5, 5.41) is 14.4. The molecule has 0 spiro atoms. The largest absolute Gasteiger partial charge is 0.481 e. The molecule has 2 atom stereocenters. The number of urea groups is 1. The van der Waals surface area contributed by atoms with E-state index in [0.717, 1.165) is 19.4 Å². The molecule has 116 valence electrons. The number of hydrogen-bond acceptors (Lipinski definition) is 4. The molecule has 0 radical (unpaired) electrons. The summed E-state index contributed by atoms with van der Waals surface area (Å²) in [6.07, 6.45) is 2.20. The number of carboxylic acids is 1. The molecule has 7 nitrogen and oxygen atoms in total. The Morgan fingerprint density at radius 3 is 2.70 bits per heavy atom. The molecule has 2 amide bonds. The number of hydrogen-bond donors (Lipinski definition) is 3. The fraction of sp³-hybridized carbons (Fsp3) is 0.846. The molecule has 0 heterocycles. The van der Waals surface area contributed by atoms with Crippen LogP contribution in [0.15, 0.2) is 0 Å². The monoisotopic (exact) mass is 287 g/mol. The van der Waals surface area contributed by atoms with Gasteiger partial charge in [0.2, 0.25) is 0 Å². The second-order valence-corrected chi connectivity index (χ2v) is 5.30. The number of aliphatic carboxylic acids is 1. The number of nitrogens with zero attached hydrogens (tertiary/aromatic N) is 1. The van der Waals surface area contributed by atoms with Crippen molar-refractivity contribution in [1.29, 1.82) is 0 Å². The number of rotatable bonds is 8. The van der Waals surface area contributed by atoms with Gasteiger partial charge in [-0.2, -0.15) is 0 Å². The summed E-state index contributed by atoms with van der Waals surface area (Å²) >= 11 is 0. The molecule has 7 heteroatoms. The topological polar surface area (TPSA) is 90.9 Å². The lowest BCUT2D eigenvalue weighted by molar-refractivity contribution is -0.142. The second-order valence-electron chi connectivity index (χ2n) is 5.30. The Hall–Kier alpha value is -1.34. The SMILES string of the molecule is CN(C)CCOCCNC(=O)NC1CCCC1C(=O)O. The van der Waals surface area contributed by atoms with Crippen molar-refractivity contribution in [3.8, 4) is 0 Å². The number of amides is 2. The van der Waals surface area contributed by atoms with Crippen LogP contribution in [0, 0.1) is 5.92 Å². The summed E-state index contributed by atoms with van der Waals surface area (Å²) in [6.45, 7) is 2.34. The zero-order chi connectivity index (χ0) is 15.0. The van der Waals surface area contributed by atoms with E-state index < -0.39 is 11.9 Å². The van der Waals surface area contributed by atoms with Crippen molar-refractivity contribution in [3.05, 3.63) is 0 Å².